The van der Waals surface area contributed by atoms with Crippen LogP contribution in [0.4, 0.5) is 0 Å². The molecule has 0 spiro atoms. The predicted octanol–water partition coefficient (Wildman–Crippen LogP) is 1.78. The Kier molecular flexibility index (Phi) is 5.08. The molecule has 0 unspecified atom stereocenters. The largest absolute Gasteiger partial charge is 0.497 e. The summed E-state index contributed by atoms with van der Waals surface area (Å²) in [6.07, 6.45) is 2.25. The van der Waals surface area contributed by atoms with Crippen LogP contribution in [-0.2, 0) is 19.6 Å². The molecule has 0 radical (unpaired) electrons. The molecule has 0 aliphatic carbocycles. The van der Waals surface area contributed by atoms with E-state index < -0.39 is 0 Å². The van der Waals surface area contributed by atoms with E-state index in [0.717, 1.165) is 69.4 Å². The second kappa shape index (κ2) is 7.63. The highest BCUT2D eigenvalue weighted by Crippen LogP contribution is 2.30. The number of ether oxygens (including phenoxy) is 2. The molecule has 1 saturated heterocycles. The Bertz CT molecular complexity index is 752. The molecule has 1 N–H and O–H groups in total. The lowest BCUT2D eigenvalue weighted by molar-refractivity contribution is 0.197. The Labute approximate surface area is 154 Å². The highest BCUT2D eigenvalue weighted by atomic mass is 16.5. The Morgan fingerprint density at radius 2 is 1.96 bits per heavy atom. The van der Waals surface area contributed by atoms with Crippen LogP contribution in [0.5, 0.6) is 11.5 Å². The lowest BCUT2D eigenvalue weighted by atomic mass is 9.95. The summed E-state index contributed by atoms with van der Waals surface area (Å²) < 4.78 is 13.2. The molecular weight excluding hydrogens is 330 g/mol. The molecule has 1 aromatic carbocycles. The zero-order valence-corrected chi connectivity index (χ0v) is 15.6. The Morgan fingerprint density at radius 3 is 2.73 bits per heavy atom. The minimum absolute atomic E-state index is 0.512. The number of likely N-dealkylation sites (tertiary alicyclic amines) is 1. The summed E-state index contributed by atoms with van der Waals surface area (Å²) in [5.41, 5.74) is 1.18. The third-order valence-electron chi connectivity index (χ3n) is 5.49. The molecule has 26 heavy (non-hydrogen) atoms. The molecule has 0 saturated carbocycles. The summed E-state index contributed by atoms with van der Waals surface area (Å²) in [5.74, 6) is 4.57. The highest BCUT2D eigenvalue weighted by Gasteiger charge is 2.27. The molecule has 0 atom stereocenters. The van der Waals surface area contributed by atoms with Crippen LogP contribution in [-0.4, -0.2) is 53.5 Å². The van der Waals surface area contributed by atoms with Gasteiger partial charge >= 0.3 is 0 Å². The van der Waals surface area contributed by atoms with Gasteiger partial charge in [0.15, 0.2) is 0 Å². The van der Waals surface area contributed by atoms with Crippen molar-refractivity contribution in [2.45, 2.75) is 38.4 Å². The smallest absolute Gasteiger partial charge is 0.147 e. The quantitative estimate of drug-likeness (QED) is 0.880. The van der Waals surface area contributed by atoms with E-state index in [1.807, 2.05) is 12.1 Å². The van der Waals surface area contributed by atoms with Gasteiger partial charge in [0.05, 0.1) is 20.8 Å². The number of nitrogens with zero attached hydrogens (tertiary/aromatic N) is 4. The molecule has 1 fully saturated rings. The average Bonchev–Trinajstić information content (AvgIpc) is 3.12. The van der Waals surface area contributed by atoms with Gasteiger partial charge in [-0.15, -0.1) is 10.2 Å². The molecule has 1 aromatic heterocycles. The van der Waals surface area contributed by atoms with E-state index in [4.69, 9.17) is 9.47 Å². The standard InChI is InChI=1S/C19H27N5O2/c1-25-16-3-4-17(26-2)15(11-16)13-23-8-5-14(6-9-23)19-22-21-18-12-20-7-10-24(18)19/h3-4,11,14,20H,5-10,12-13H2,1-2H3. The maximum atomic E-state index is 5.52. The first kappa shape index (κ1) is 17.3. The monoisotopic (exact) mass is 357 g/mol. The third kappa shape index (κ3) is 3.41. The van der Waals surface area contributed by atoms with Gasteiger partial charge in [0.25, 0.3) is 0 Å². The fourth-order valence-corrected chi connectivity index (χ4v) is 4.01. The van der Waals surface area contributed by atoms with E-state index in [-0.39, 0.29) is 0 Å². The van der Waals surface area contributed by atoms with E-state index in [9.17, 15) is 0 Å². The van der Waals surface area contributed by atoms with Crippen molar-refractivity contribution < 1.29 is 9.47 Å². The fourth-order valence-electron chi connectivity index (χ4n) is 4.01. The van der Waals surface area contributed by atoms with Gasteiger partial charge in [-0.25, -0.2) is 0 Å². The van der Waals surface area contributed by atoms with E-state index in [0.29, 0.717) is 5.92 Å². The Hall–Kier alpha value is -2.12. The lowest BCUT2D eigenvalue weighted by Crippen LogP contribution is -2.34. The van der Waals surface area contributed by atoms with Gasteiger partial charge in [-0.3, -0.25) is 4.90 Å². The van der Waals surface area contributed by atoms with Crippen LogP contribution in [0.3, 0.4) is 0 Å². The Balaban J connectivity index is 1.41. The topological polar surface area (TPSA) is 64.4 Å². The van der Waals surface area contributed by atoms with E-state index in [1.165, 1.54) is 11.4 Å². The average molecular weight is 357 g/mol. The number of aromatic nitrogens is 3. The van der Waals surface area contributed by atoms with Gasteiger partial charge < -0.3 is 19.4 Å². The van der Waals surface area contributed by atoms with E-state index in [2.05, 4.69) is 31.0 Å². The molecule has 140 valence electrons. The number of hydrogen-bond donors (Lipinski definition) is 1. The number of hydrogen-bond acceptors (Lipinski definition) is 6. The van der Waals surface area contributed by atoms with Crippen molar-refractivity contribution in [2.75, 3.05) is 33.9 Å². The van der Waals surface area contributed by atoms with Crippen molar-refractivity contribution in [1.82, 2.24) is 25.0 Å². The molecule has 7 nitrogen and oxygen atoms in total. The zero-order valence-electron chi connectivity index (χ0n) is 15.6. The van der Waals surface area contributed by atoms with Crippen LogP contribution in [0.2, 0.25) is 0 Å². The molecule has 2 aliphatic heterocycles. The number of methoxy groups -OCH3 is 2. The molecule has 0 amide bonds. The molecular formula is C19H27N5O2. The first-order valence-corrected chi connectivity index (χ1v) is 9.34. The SMILES string of the molecule is COc1ccc(OC)c(CN2CCC(c3nnc4n3CCNC4)CC2)c1. The summed E-state index contributed by atoms with van der Waals surface area (Å²) in [4.78, 5) is 2.49. The van der Waals surface area contributed by atoms with E-state index in [1.54, 1.807) is 14.2 Å². The highest BCUT2D eigenvalue weighted by molar-refractivity contribution is 5.40. The van der Waals surface area contributed by atoms with Crippen molar-refractivity contribution in [3.63, 3.8) is 0 Å². The van der Waals surface area contributed by atoms with Crippen LogP contribution in [0.25, 0.3) is 0 Å². The maximum Gasteiger partial charge on any atom is 0.147 e. The van der Waals surface area contributed by atoms with Crippen LogP contribution in [0.15, 0.2) is 18.2 Å². The summed E-state index contributed by atoms with van der Waals surface area (Å²) in [6.45, 7) is 5.83. The van der Waals surface area contributed by atoms with Crippen LogP contribution >= 0.6 is 0 Å². The van der Waals surface area contributed by atoms with Crippen LogP contribution in [0.1, 0.15) is 36.0 Å². The lowest BCUT2D eigenvalue weighted by Gasteiger charge is -2.32. The minimum Gasteiger partial charge on any atom is -0.497 e. The second-order valence-corrected chi connectivity index (χ2v) is 7.03. The number of benzene rings is 1. The molecule has 2 aromatic rings. The van der Waals surface area contributed by atoms with Crippen molar-refractivity contribution in [3.05, 3.63) is 35.4 Å². The molecule has 0 bridgehead atoms. The van der Waals surface area contributed by atoms with Gasteiger partial charge in [0.2, 0.25) is 0 Å². The maximum absolute atomic E-state index is 5.52. The van der Waals surface area contributed by atoms with Gasteiger partial charge in [-0.1, -0.05) is 0 Å². The number of rotatable bonds is 5. The summed E-state index contributed by atoms with van der Waals surface area (Å²) in [6, 6.07) is 6.00. The zero-order chi connectivity index (χ0) is 17.9. The van der Waals surface area contributed by atoms with Gasteiger partial charge in [0, 0.05) is 31.1 Å². The minimum atomic E-state index is 0.512. The Morgan fingerprint density at radius 1 is 1.12 bits per heavy atom. The third-order valence-corrected chi connectivity index (χ3v) is 5.49. The molecule has 7 heteroatoms. The number of fused-ring (bicyclic) bond motifs is 1. The van der Waals surface area contributed by atoms with Gasteiger partial charge in [-0.2, -0.15) is 0 Å². The van der Waals surface area contributed by atoms with Gasteiger partial charge in [0.1, 0.15) is 23.1 Å². The van der Waals surface area contributed by atoms with Crippen molar-refractivity contribution in [3.8, 4) is 11.5 Å². The number of piperidine rings is 1. The van der Waals surface area contributed by atoms with Crippen LogP contribution in [0, 0.1) is 0 Å². The van der Waals surface area contributed by atoms with Crippen molar-refractivity contribution in [1.29, 1.82) is 0 Å². The number of nitrogens with one attached hydrogen (secondary N) is 1. The van der Waals surface area contributed by atoms with Crippen molar-refractivity contribution >= 4 is 0 Å². The van der Waals surface area contributed by atoms with Gasteiger partial charge in [-0.05, 0) is 44.1 Å². The molecule has 4 rings (SSSR count). The predicted molar refractivity (Wildman–Crippen MR) is 98.5 cm³/mol. The van der Waals surface area contributed by atoms with E-state index >= 15 is 0 Å². The van der Waals surface area contributed by atoms with Crippen molar-refractivity contribution in [2.24, 2.45) is 0 Å². The molecule has 3 heterocycles. The first-order valence-electron chi connectivity index (χ1n) is 9.34. The summed E-state index contributed by atoms with van der Waals surface area (Å²) in [5, 5.41) is 12.2. The fraction of sp³-hybridized carbons (Fsp3) is 0.579. The second-order valence-electron chi connectivity index (χ2n) is 7.03. The normalized spacial score (nSPS) is 18.5. The summed E-state index contributed by atoms with van der Waals surface area (Å²) >= 11 is 0. The first-order chi connectivity index (χ1) is 12.8. The summed E-state index contributed by atoms with van der Waals surface area (Å²) in [7, 11) is 3.42. The molecule has 2 aliphatic rings. The van der Waals surface area contributed by atoms with Crippen LogP contribution < -0.4 is 14.8 Å².